The third kappa shape index (κ3) is 3.07. The summed E-state index contributed by atoms with van der Waals surface area (Å²) < 4.78 is 4.69. The van der Waals surface area contributed by atoms with Crippen molar-refractivity contribution in [3.63, 3.8) is 0 Å². The molecule has 0 saturated carbocycles. The Morgan fingerprint density at radius 1 is 1.59 bits per heavy atom. The highest BCUT2D eigenvalue weighted by Crippen LogP contribution is 2.27. The van der Waals surface area contributed by atoms with Crippen LogP contribution in [0.4, 0.5) is 5.69 Å². The molecule has 0 radical (unpaired) electrons. The zero-order chi connectivity index (χ0) is 12.3. The van der Waals surface area contributed by atoms with Crippen molar-refractivity contribution < 1.29 is 9.53 Å². The van der Waals surface area contributed by atoms with Crippen LogP contribution in [0.3, 0.4) is 0 Å². The van der Waals surface area contributed by atoms with Gasteiger partial charge in [0.25, 0.3) is 0 Å². The number of benzene rings is 1. The van der Waals surface area contributed by atoms with Crippen molar-refractivity contribution in [2.24, 2.45) is 0 Å². The maximum Gasteiger partial charge on any atom is 0.337 e. The molecule has 92 valence electrons. The Balaban J connectivity index is 2.16. The Kier molecular flexibility index (Phi) is 4.18. The van der Waals surface area contributed by atoms with E-state index >= 15 is 0 Å². The number of esters is 1. The van der Waals surface area contributed by atoms with Gasteiger partial charge in [-0.05, 0) is 30.4 Å². The molecule has 0 aromatic heterocycles. The summed E-state index contributed by atoms with van der Waals surface area (Å²) in [6.45, 7) is 0. The Morgan fingerprint density at radius 2 is 2.41 bits per heavy atom. The van der Waals surface area contributed by atoms with Gasteiger partial charge in [0.2, 0.25) is 0 Å². The number of nitrogens with one attached hydrogen (secondary N) is 1. The van der Waals surface area contributed by atoms with E-state index in [-0.39, 0.29) is 5.97 Å². The first kappa shape index (κ1) is 12.6. The number of methoxy groups -OCH3 is 1. The number of carbonyl (C=O) groups is 1. The molecule has 1 aliphatic heterocycles. The summed E-state index contributed by atoms with van der Waals surface area (Å²) in [6.07, 6.45) is 1.13. The van der Waals surface area contributed by atoms with E-state index in [9.17, 15) is 4.79 Å². The minimum Gasteiger partial charge on any atom is -0.465 e. The highest BCUT2D eigenvalue weighted by molar-refractivity contribution is 7.99. The lowest BCUT2D eigenvalue weighted by atomic mass is 10.1. The van der Waals surface area contributed by atoms with Gasteiger partial charge in [0.15, 0.2) is 0 Å². The van der Waals surface area contributed by atoms with E-state index in [2.05, 4.69) is 10.1 Å². The van der Waals surface area contributed by atoms with Gasteiger partial charge in [0.05, 0.1) is 23.4 Å². The van der Waals surface area contributed by atoms with Crippen LogP contribution in [-0.2, 0) is 4.74 Å². The average molecular weight is 272 g/mol. The molecule has 5 heteroatoms. The summed E-state index contributed by atoms with van der Waals surface area (Å²) in [6, 6.07) is 5.57. The van der Waals surface area contributed by atoms with Crippen LogP contribution in [0.5, 0.6) is 0 Å². The third-order valence-electron chi connectivity index (χ3n) is 2.68. The molecule has 0 aliphatic carbocycles. The molecule has 1 N–H and O–H groups in total. The Labute approximate surface area is 110 Å². The molecule has 0 amide bonds. The van der Waals surface area contributed by atoms with Crippen LogP contribution in [0.25, 0.3) is 0 Å². The molecule has 0 spiro atoms. The SMILES string of the molecule is COC(=O)c1ccc(Cl)c(NC2CCSC2)c1. The molecule has 1 aliphatic rings. The zero-order valence-electron chi connectivity index (χ0n) is 9.53. The van der Waals surface area contributed by atoms with Gasteiger partial charge in [0, 0.05) is 11.8 Å². The van der Waals surface area contributed by atoms with E-state index in [0.717, 1.165) is 17.9 Å². The number of rotatable bonds is 3. The molecular formula is C12H14ClNO2S. The molecule has 2 rings (SSSR count). The highest BCUT2D eigenvalue weighted by atomic mass is 35.5. The molecule has 1 fully saturated rings. The van der Waals surface area contributed by atoms with Crippen LogP contribution in [0, 0.1) is 0 Å². The second kappa shape index (κ2) is 5.65. The summed E-state index contributed by atoms with van der Waals surface area (Å²) in [4.78, 5) is 11.4. The Morgan fingerprint density at radius 3 is 3.06 bits per heavy atom. The number of halogens is 1. The largest absolute Gasteiger partial charge is 0.465 e. The number of carbonyl (C=O) groups excluding carboxylic acids is 1. The molecule has 1 saturated heterocycles. The van der Waals surface area contributed by atoms with Crippen LogP contribution in [0.1, 0.15) is 16.8 Å². The smallest absolute Gasteiger partial charge is 0.337 e. The first-order valence-electron chi connectivity index (χ1n) is 5.43. The van der Waals surface area contributed by atoms with Crippen molar-refractivity contribution in [1.29, 1.82) is 0 Å². The molecule has 17 heavy (non-hydrogen) atoms. The van der Waals surface area contributed by atoms with Crippen LogP contribution < -0.4 is 5.32 Å². The summed E-state index contributed by atoms with van der Waals surface area (Å²) in [5.41, 5.74) is 1.33. The summed E-state index contributed by atoms with van der Waals surface area (Å²) in [5, 5.41) is 4.00. The van der Waals surface area contributed by atoms with Crippen molar-refractivity contribution in [3.8, 4) is 0 Å². The van der Waals surface area contributed by atoms with E-state index in [1.807, 2.05) is 11.8 Å². The summed E-state index contributed by atoms with van der Waals surface area (Å²) in [5.74, 6) is 1.91. The molecule has 1 heterocycles. The first-order chi connectivity index (χ1) is 8.20. The van der Waals surface area contributed by atoms with Gasteiger partial charge in [-0.2, -0.15) is 11.8 Å². The summed E-state index contributed by atoms with van der Waals surface area (Å²) >= 11 is 8.03. The quantitative estimate of drug-likeness (QED) is 0.858. The fraction of sp³-hybridized carbons (Fsp3) is 0.417. The standard InChI is InChI=1S/C12H14ClNO2S/c1-16-12(15)8-2-3-10(13)11(6-8)14-9-4-5-17-7-9/h2-3,6,9,14H,4-5,7H2,1H3. The van der Waals surface area contributed by atoms with Gasteiger partial charge in [-0.25, -0.2) is 4.79 Å². The lowest BCUT2D eigenvalue weighted by molar-refractivity contribution is 0.0601. The fourth-order valence-corrected chi connectivity index (χ4v) is 3.07. The zero-order valence-corrected chi connectivity index (χ0v) is 11.1. The predicted octanol–water partition coefficient (Wildman–Crippen LogP) is 3.04. The number of ether oxygens (including phenoxy) is 1. The predicted molar refractivity (Wildman–Crippen MR) is 72.1 cm³/mol. The van der Waals surface area contributed by atoms with E-state index in [1.165, 1.54) is 12.9 Å². The third-order valence-corrected chi connectivity index (χ3v) is 4.17. The Hall–Kier alpha value is -0.870. The van der Waals surface area contributed by atoms with Crippen molar-refractivity contribution in [1.82, 2.24) is 0 Å². The molecule has 3 nitrogen and oxygen atoms in total. The van der Waals surface area contributed by atoms with Gasteiger partial charge >= 0.3 is 5.97 Å². The fourth-order valence-electron chi connectivity index (χ4n) is 1.75. The van der Waals surface area contributed by atoms with Gasteiger partial charge in [0.1, 0.15) is 0 Å². The summed E-state index contributed by atoms with van der Waals surface area (Å²) in [7, 11) is 1.37. The lowest BCUT2D eigenvalue weighted by Gasteiger charge is -2.14. The van der Waals surface area contributed by atoms with Gasteiger partial charge < -0.3 is 10.1 Å². The number of thioether (sulfide) groups is 1. The average Bonchev–Trinajstić information content (AvgIpc) is 2.84. The van der Waals surface area contributed by atoms with Crippen LogP contribution in [0.15, 0.2) is 18.2 Å². The Bertz CT molecular complexity index is 419. The minimum absolute atomic E-state index is 0.342. The second-order valence-electron chi connectivity index (χ2n) is 3.89. The monoisotopic (exact) mass is 271 g/mol. The highest BCUT2D eigenvalue weighted by Gasteiger charge is 2.17. The molecule has 1 atom stereocenters. The van der Waals surface area contributed by atoms with Gasteiger partial charge in [-0.1, -0.05) is 11.6 Å². The second-order valence-corrected chi connectivity index (χ2v) is 5.45. The molecule has 0 bridgehead atoms. The molecule has 1 unspecified atom stereocenters. The van der Waals surface area contributed by atoms with Crippen LogP contribution in [0.2, 0.25) is 5.02 Å². The maximum atomic E-state index is 11.4. The van der Waals surface area contributed by atoms with Crippen LogP contribution in [-0.4, -0.2) is 30.6 Å². The van der Waals surface area contributed by atoms with Gasteiger partial charge in [-0.15, -0.1) is 0 Å². The van der Waals surface area contributed by atoms with Gasteiger partial charge in [-0.3, -0.25) is 0 Å². The molecule has 1 aromatic rings. The number of hydrogen-bond acceptors (Lipinski definition) is 4. The number of anilines is 1. The van der Waals surface area contributed by atoms with E-state index < -0.39 is 0 Å². The molecule has 1 aromatic carbocycles. The van der Waals surface area contributed by atoms with E-state index in [0.29, 0.717) is 16.6 Å². The van der Waals surface area contributed by atoms with Crippen molar-refractivity contribution in [3.05, 3.63) is 28.8 Å². The van der Waals surface area contributed by atoms with E-state index in [4.69, 9.17) is 11.6 Å². The maximum absolute atomic E-state index is 11.4. The van der Waals surface area contributed by atoms with Crippen molar-refractivity contribution in [2.45, 2.75) is 12.5 Å². The van der Waals surface area contributed by atoms with Crippen LogP contribution >= 0.6 is 23.4 Å². The first-order valence-corrected chi connectivity index (χ1v) is 6.96. The lowest BCUT2D eigenvalue weighted by Crippen LogP contribution is -2.18. The van der Waals surface area contributed by atoms with E-state index in [1.54, 1.807) is 18.2 Å². The van der Waals surface area contributed by atoms with Crippen molar-refractivity contribution in [2.75, 3.05) is 23.9 Å². The normalized spacial score (nSPS) is 19.1. The van der Waals surface area contributed by atoms with Crippen molar-refractivity contribution >= 4 is 35.0 Å². The molecular weight excluding hydrogens is 258 g/mol. The topological polar surface area (TPSA) is 38.3 Å². The number of hydrogen-bond donors (Lipinski definition) is 1. The minimum atomic E-state index is -0.342.